The van der Waals surface area contributed by atoms with E-state index in [1.165, 1.54) is 18.5 Å². The lowest BCUT2D eigenvalue weighted by Crippen LogP contribution is -2.48. The van der Waals surface area contributed by atoms with Gasteiger partial charge in [0, 0.05) is 35.7 Å². The van der Waals surface area contributed by atoms with Crippen molar-refractivity contribution in [3.63, 3.8) is 0 Å². The molecule has 14 heteroatoms. The predicted molar refractivity (Wildman–Crippen MR) is 169 cm³/mol. The molecule has 2 atom stereocenters. The van der Waals surface area contributed by atoms with Crippen molar-refractivity contribution in [3.05, 3.63) is 77.9 Å². The number of anilines is 1. The molecule has 0 spiro atoms. The summed E-state index contributed by atoms with van der Waals surface area (Å²) in [6.45, 7) is 1.86. The normalized spacial score (nSPS) is 16.5. The highest BCUT2D eigenvalue weighted by Crippen LogP contribution is 2.26. The van der Waals surface area contributed by atoms with Crippen LogP contribution in [-0.2, 0) is 35.2 Å². The average molecular weight is 649 g/mol. The van der Waals surface area contributed by atoms with Crippen molar-refractivity contribution >= 4 is 29.4 Å². The van der Waals surface area contributed by atoms with Gasteiger partial charge >= 0.3 is 11.9 Å². The number of amidine groups is 1. The molecule has 2 unspecified atom stereocenters. The second-order valence-electron chi connectivity index (χ2n) is 11.2. The van der Waals surface area contributed by atoms with Crippen LogP contribution in [0.1, 0.15) is 41.6 Å². The molecule has 2 aromatic carbocycles. The molecule has 13 nitrogen and oxygen atoms in total. The van der Waals surface area contributed by atoms with E-state index in [0.717, 1.165) is 25.0 Å². The molecule has 0 amide bonds. The monoisotopic (exact) mass is 648 g/mol. The van der Waals surface area contributed by atoms with Crippen LogP contribution in [0.5, 0.6) is 0 Å². The molecule has 2 saturated heterocycles. The summed E-state index contributed by atoms with van der Waals surface area (Å²) in [4.78, 5) is 40.4. The van der Waals surface area contributed by atoms with E-state index in [2.05, 4.69) is 15.1 Å². The van der Waals surface area contributed by atoms with Crippen LogP contribution in [0.15, 0.2) is 66.1 Å². The summed E-state index contributed by atoms with van der Waals surface area (Å²) in [5.41, 5.74) is 7.36. The SMILES string of the molecule is N=C(N)CC(=O)OCc1cccc(-c2cnc(N3CC(=NOCC(COC(=O)c4ccccc4)COC4CCCCO4)C3)nc2)c1F. The van der Waals surface area contributed by atoms with Crippen molar-refractivity contribution in [2.75, 3.05) is 44.4 Å². The number of hydrogen-bond donors (Lipinski definition) is 2. The van der Waals surface area contributed by atoms with Crippen LogP contribution in [0.25, 0.3) is 11.1 Å². The molecular formula is C33H37FN6O7. The second-order valence-corrected chi connectivity index (χ2v) is 11.2. The molecule has 3 heterocycles. The highest BCUT2D eigenvalue weighted by atomic mass is 19.1. The van der Waals surface area contributed by atoms with E-state index in [1.54, 1.807) is 36.4 Å². The van der Waals surface area contributed by atoms with Crippen LogP contribution in [-0.4, -0.2) is 79.3 Å². The third kappa shape index (κ3) is 9.77. The van der Waals surface area contributed by atoms with Gasteiger partial charge in [-0.2, -0.15) is 0 Å². The minimum absolute atomic E-state index is 0.103. The lowest BCUT2D eigenvalue weighted by Gasteiger charge is -2.32. The Kier molecular flexibility index (Phi) is 11.8. The lowest BCUT2D eigenvalue weighted by atomic mass is 10.1. The van der Waals surface area contributed by atoms with Gasteiger partial charge in [-0.1, -0.05) is 41.6 Å². The number of carbonyl (C=O) groups excluding carboxylic acids is 2. The van der Waals surface area contributed by atoms with Crippen LogP contribution in [0.2, 0.25) is 0 Å². The van der Waals surface area contributed by atoms with Crippen molar-refractivity contribution in [1.29, 1.82) is 5.41 Å². The highest BCUT2D eigenvalue weighted by Gasteiger charge is 2.26. The van der Waals surface area contributed by atoms with Crippen LogP contribution < -0.4 is 10.6 Å². The second kappa shape index (κ2) is 16.6. The first-order valence-electron chi connectivity index (χ1n) is 15.3. The average Bonchev–Trinajstić information content (AvgIpc) is 3.06. The van der Waals surface area contributed by atoms with Gasteiger partial charge in [0.2, 0.25) is 5.95 Å². The minimum Gasteiger partial charge on any atom is -0.462 e. The summed E-state index contributed by atoms with van der Waals surface area (Å²) >= 11 is 0. The van der Waals surface area contributed by atoms with Gasteiger partial charge in [0.1, 0.15) is 37.9 Å². The Morgan fingerprint density at radius 1 is 1.04 bits per heavy atom. The summed E-state index contributed by atoms with van der Waals surface area (Å²) in [7, 11) is 0. The van der Waals surface area contributed by atoms with Crippen molar-refractivity contribution in [3.8, 4) is 11.1 Å². The standard InChI is InChI=1S/C33H37FN6O7/c34-31-24(21-44-29(41)13-28(35)36)9-6-10-27(31)25-14-37-33(38-15-25)40-16-26(17-40)39-47-20-22(18-45-30-11-4-5-12-43-30)19-46-32(42)23-7-2-1-3-8-23/h1-3,6-10,14-15,22,30H,4-5,11-13,16-21H2,(H3,35,36). The van der Waals surface area contributed by atoms with Crippen LogP contribution in [0, 0.1) is 17.1 Å². The number of benzene rings is 2. The van der Waals surface area contributed by atoms with E-state index in [4.69, 9.17) is 34.9 Å². The van der Waals surface area contributed by atoms with Crippen molar-refractivity contribution in [2.45, 2.75) is 38.6 Å². The van der Waals surface area contributed by atoms with E-state index < -0.39 is 17.8 Å². The van der Waals surface area contributed by atoms with E-state index in [9.17, 15) is 9.59 Å². The Balaban J connectivity index is 1.11. The van der Waals surface area contributed by atoms with Crippen LogP contribution in [0.3, 0.4) is 0 Å². The van der Waals surface area contributed by atoms with Crippen molar-refractivity contribution < 1.29 is 37.8 Å². The third-order valence-electron chi connectivity index (χ3n) is 7.40. The largest absolute Gasteiger partial charge is 0.462 e. The molecule has 2 fully saturated rings. The maximum atomic E-state index is 15.2. The van der Waals surface area contributed by atoms with Gasteiger partial charge in [0.25, 0.3) is 0 Å². The number of hydrogen-bond acceptors (Lipinski definition) is 12. The summed E-state index contributed by atoms with van der Waals surface area (Å²) in [5.74, 6) is -1.81. The topological polar surface area (TPSA) is 172 Å². The van der Waals surface area contributed by atoms with Gasteiger partial charge in [0.05, 0.1) is 36.9 Å². The Bertz CT molecular complexity index is 1540. The maximum Gasteiger partial charge on any atom is 0.338 e. The lowest BCUT2D eigenvalue weighted by molar-refractivity contribution is -0.173. The third-order valence-corrected chi connectivity index (χ3v) is 7.40. The maximum absolute atomic E-state index is 15.2. The first-order chi connectivity index (χ1) is 22.9. The fourth-order valence-corrected chi connectivity index (χ4v) is 4.81. The van der Waals surface area contributed by atoms with E-state index in [-0.39, 0.29) is 55.4 Å². The van der Waals surface area contributed by atoms with Crippen molar-refractivity contribution in [1.82, 2.24) is 9.97 Å². The number of rotatable bonds is 15. The number of nitrogens with one attached hydrogen (secondary N) is 1. The zero-order valence-electron chi connectivity index (χ0n) is 25.8. The molecule has 3 aromatic rings. The number of nitrogens with zero attached hydrogens (tertiary/aromatic N) is 4. The number of esters is 2. The van der Waals surface area contributed by atoms with Gasteiger partial charge < -0.3 is 34.4 Å². The molecule has 0 aliphatic carbocycles. The van der Waals surface area contributed by atoms with E-state index >= 15 is 4.39 Å². The van der Waals surface area contributed by atoms with Crippen LogP contribution in [0.4, 0.5) is 10.3 Å². The quantitative estimate of drug-likeness (QED) is 0.106. The first-order valence-corrected chi connectivity index (χ1v) is 15.3. The highest BCUT2D eigenvalue weighted by molar-refractivity contribution is 5.98. The molecule has 3 N–H and O–H groups in total. The number of halogens is 1. The number of oxime groups is 1. The van der Waals surface area contributed by atoms with Gasteiger partial charge in [-0.3, -0.25) is 10.2 Å². The van der Waals surface area contributed by atoms with Gasteiger partial charge in [-0.05, 0) is 31.4 Å². The van der Waals surface area contributed by atoms with Gasteiger partial charge in [-0.15, -0.1) is 0 Å². The summed E-state index contributed by atoms with van der Waals surface area (Å²) < 4.78 is 37.3. The molecule has 0 saturated carbocycles. The van der Waals surface area contributed by atoms with E-state index in [1.807, 2.05) is 11.0 Å². The fraction of sp³-hybridized carbons (Fsp3) is 0.394. The summed E-state index contributed by atoms with van der Waals surface area (Å²) in [5, 5.41) is 11.4. The number of nitrogens with two attached hydrogens (primary N) is 1. The first kappa shape index (κ1) is 33.4. The molecule has 1 aromatic heterocycles. The summed E-state index contributed by atoms with van der Waals surface area (Å²) in [6, 6.07) is 13.5. The molecule has 0 radical (unpaired) electrons. The van der Waals surface area contributed by atoms with E-state index in [0.29, 0.717) is 43.4 Å². The Morgan fingerprint density at radius 3 is 2.55 bits per heavy atom. The fourth-order valence-electron chi connectivity index (χ4n) is 4.81. The predicted octanol–water partition coefficient (Wildman–Crippen LogP) is 3.86. The molecule has 2 aliphatic rings. The minimum atomic E-state index is -0.708. The number of ether oxygens (including phenoxy) is 4. The Labute approximate surface area is 271 Å². The number of aromatic nitrogens is 2. The molecule has 2 aliphatic heterocycles. The Morgan fingerprint density at radius 2 is 1.83 bits per heavy atom. The smallest absolute Gasteiger partial charge is 0.338 e. The number of carbonyl (C=O) groups is 2. The van der Waals surface area contributed by atoms with Crippen LogP contribution >= 0.6 is 0 Å². The molecule has 5 rings (SSSR count). The molecule has 248 valence electrons. The summed E-state index contributed by atoms with van der Waals surface area (Å²) in [6.07, 6.45) is 5.28. The van der Waals surface area contributed by atoms with Gasteiger partial charge in [-0.25, -0.2) is 19.2 Å². The van der Waals surface area contributed by atoms with Crippen molar-refractivity contribution in [2.24, 2.45) is 16.8 Å². The van der Waals surface area contributed by atoms with Gasteiger partial charge in [0.15, 0.2) is 6.29 Å². The molecular weight excluding hydrogens is 611 g/mol. The molecule has 47 heavy (non-hydrogen) atoms. The zero-order chi connectivity index (χ0) is 33.0. The zero-order valence-corrected chi connectivity index (χ0v) is 25.8. The Hall–Kier alpha value is -4.95. The molecule has 0 bridgehead atoms.